The van der Waals surface area contributed by atoms with Crippen LogP contribution in [-0.4, -0.2) is 47.1 Å². The van der Waals surface area contributed by atoms with Gasteiger partial charge in [0.25, 0.3) is 11.6 Å². The first-order valence-corrected chi connectivity index (χ1v) is 9.26. The van der Waals surface area contributed by atoms with Gasteiger partial charge in [0.15, 0.2) is 0 Å². The zero-order chi connectivity index (χ0) is 17.6. The lowest BCUT2D eigenvalue weighted by atomic mass is 9.77. The number of aromatic nitrogens is 2. The van der Waals surface area contributed by atoms with Crippen molar-refractivity contribution in [1.82, 2.24) is 20.4 Å². The van der Waals surface area contributed by atoms with Crippen LogP contribution in [0.2, 0.25) is 0 Å². The van der Waals surface area contributed by atoms with E-state index >= 15 is 0 Å². The van der Waals surface area contributed by atoms with Gasteiger partial charge in [0, 0.05) is 25.3 Å². The average molecular weight is 342 g/mol. The summed E-state index contributed by atoms with van der Waals surface area (Å²) in [6, 6.07) is 1.93. The van der Waals surface area contributed by atoms with Gasteiger partial charge in [-0.15, -0.1) is 0 Å². The molecule has 25 heavy (non-hydrogen) atoms. The number of nitrogens with zero attached hydrogens (tertiary/aromatic N) is 3. The number of hydrogen-bond donors (Lipinski definition) is 1. The molecule has 2 aromatic heterocycles. The maximum absolute atomic E-state index is 13.3. The number of likely N-dealkylation sites (tertiary alicyclic amines) is 1. The van der Waals surface area contributed by atoms with Crippen molar-refractivity contribution in [3.63, 3.8) is 0 Å². The number of hydrogen-bond acceptors (Lipinski definition) is 5. The van der Waals surface area contributed by atoms with E-state index in [1.807, 2.05) is 17.9 Å². The molecular weight excluding hydrogens is 316 g/mol. The molecule has 1 spiro atoms. The Hall–Kier alpha value is -1.95. The van der Waals surface area contributed by atoms with E-state index in [1.165, 1.54) is 6.42 Å². The maximum atomic E-state index is 13.3. The normalized spacial score (nSPS) is 20.1. The third-order valence-electron chi connectivity index (χ3n) is 5.90. The highest BCUT2D eigenvalue weighted by Gasteiger charge is 2.38. The molecule has 2 aliphatic rings. The van der Waals surface area contributed by atoms with E-state index in [2.05, 4.69) is 29.3 Å². The predicted octanol–water partition coefficient (Wildman–Crippen LogP) is 2.87. The predicted molar refractivity (Wildman–Crippen MR) is 95.7 cm³/mol. The lowest BCUT2D eigenvalue weighted by molar-refractivity contribution is 0.0609. The SMILES string of the molecule is Cc1noc2nc(C(C)C)cc(C(=O)N3CCC4(CCNC4)CC3)c12. The summed E-state index contributed by atoms with van der Waals surface area (Å²) in [7, 11) is 0. The molecule has 2 aromatic rings. The van der Waals surface area contributed by atoms with E-state index in [4.69, 9.17) is 4.52 Å². The number of carbonyl (C=O) groups excluding carboxylic acids is 1. The van der Waals surface area contributed by atoms with Crippen LogP contribution in [0.25, 0.3) is 11.1 Å². The highest BCUT2D eigenvalue weighted by atomic mass is 16.5. The molecule has 0 atom stereocenters. The van der Waals surface area contributed by atoms with Gasteiger partial charge < -0.3 is 14.7 Å². The average Bonchev–Trinajstić information content (AvgIpc) is 3.22. The molecule has 0 aliphatic carbocycles. The third kappa shape index (κ3) is 2.82. The number of piperidine rings is 1. The molecule has 6 heteroatoms. The Balaban J connectivity index is 1.64. The van der Waals surface area contributed by atoms with Crippen LogP contribution in [0, 0.1) is 12.3 Å². The van der Waals surface area contributed by atoms with Crippen LogP contribution < -0.4 is 5.32 Å². The van der Waals surface area contributed by atoms with Crippen LogP contribution in [-0.2, 0) is 0 Å². The second kappa shape index (κ2) is 6.09. The van der Waals surface area contributed by atoms with E-state index in [0.717, 1.165) is 55.8 Å². The van der Waals surface area contributed by atoms with Crippen molar-refractivity contribution in [2.24, 2.45) is 5.41 Å². The number of pyridine rings is 1. The van der Waals surface area contributed by atoms with Gasteiger partial charge >= 0.3 is 0 Å². The van der Waals surface area contributed by atoms with Gasteiger partial charge in [-0.05, 0) is 50.1 Å². The van der Waals surface area contributed by atoms with Crippen molar-refractivity contribution in [2.75, 3.05) is 26.2 Å². The Morgan fingerprint density at radius 3 is 2.72 bits per heavy atom. The van der Waals surface area contributed by atoms with Gasteiger partial charge in [-0.2, -0.15) is 0 Å². The number of rotatable bonds is 2. The smallest absolute Gasteiger partial charge is 0.259 e. The van der Waals surface area contributed by atoms with Crippen LogP contribution in [0.3, 0.4) is 0 Å². The molecule has 4 heterocycles. The Morgan fingerprint density at radius 2 is 2.08 bits per heavy atom. The fourth-order valence-corrected chi connectivity index (χ4v) is 4.15. The molecular formula is C19H26N4O2. The lowest BCUT2D eigenvalue weighted by Gasteiger charge is -2.39. The molecule has 2 aliphatic heterocycles. The van der Waals surface area contributed by atoms with E-state index in [0.29, 0.717) is 16.7 Å². The first kappa shape index (κ1) is 16.5. The van der Waals surface area contributed by atoms with Crippen molar-refractivity contribution in [3.8, 4) is 0 Å². The van der Waals surface area contributed by atoms with Crippen molar-refractivity contribution in [3.05, 3.63) is 23.0 Å². The molecule has 0 unspecified atom stereocenters. The van der Waals surface area contributed by atoms with E-state index in [9.17, 15) is 4.79 Å². The van der Waals surface area contributed by atoms with Gasteiger partial charge in [0.1, 0.15) is 0 Å². The molecule has 4 rings (SSSR count). The van der Waals surface area contributed by atoms with Gasteiger partial charge in [-0.25, -0.2) is 4.98 Å². The Morgan fingerprint density at radius 1 is 1.32 bits per heavy atom. The fraction of sp³-hybridized carbons (Fsp3) is 0.632. The molecule has 0 aromatic carbocycles. The van der Waals surface area contributed by atoms with Crippen molar-refractivity contribution in [1.29, 1.82) is 0 Å². The topological polar surface area (TPSA) is 71.3 Å². The number of aryl methyl sites for hydroxylation is 1. The lowest BCUT2D eigenvalue weighted by Crippen LogP contribution is -2.44. The standard InChI is InChI=1S/C19H26N4O2/c1-12(2)15-10-14(16-13(3)22-25-17(16)21-15)18(24)23-8-5-19(6-9-23)4-7-20-11-19/h10,12,20H,4-9,11H2,1-3H3. The summed E-state index contributed by atoms with van der Waals surface area (Å²) in [6.07, 6.45) is 3.40. The first-order valence-electron chi connectivity index (χ1n) is 9.26. The minimum Gasteiger partial charge on any atom is -0.339 e. The Kier molecular flexibility index (Phi) is 4.02. The van der Waals surface area contributed by atoms with E-state index < -0.39 is 0 Å². The third-order valence-corrected chi connectivity index (χ3v) is 5.90. The summed E-state index contributed by atoms with van der Waals surface area (Å²) in [5.74, 6) is 0.317. The number of carbonyl (C=O) groups is 1. The minimum absolute atomic E-state index is 0.0846. The second-order valence-electron chi connectivity index (χ2n) is 7.92. The van der Waals surface area contributed by atoms with Gasteiger partial charge in [-0.3, -0.25) is 4.79 Å². The largest absolute Gasteiger partial charge is 0.339 e. The fourth-order valence-electron chi connectivity index (χ4n) is 4.15. The molecule has 0 saturated carbocycles. The van der Waals surface area contributed by atoms with Crippen molar-refractivity contribution >= 4 is 17.0 Å². The summed E-state index contributed by atoms with van der Waals surface area (Å²) in [4.78, 5) is 19.8. The molecule has 0 radical (unpaired) electrons. The van der Waals surface area contributed by atoms with Gasteiger partial charge in [0.2, 0.25) is 0 Å². The maximum Gasteiger partial charge on any atom is 0.259 e. The van der Waals surface area contributed by atoms with Crippen molar-refractivity contribution < 1.29 is 9.32 Å². The second-order valence-corrected chi connectivity index (χ2v) is 7.92. The van der Waals surface area contributed by atoms with Crippen LogP contribution in [0.5, 0.6) is 0 Å². The molecule has 0 bridgehead atoms. The highest BCUT2D eigenvalue weighted by molar-refractivity contribution is 6.06. The highest BCUT2D eigenvalue weighted by Crippen LogP contribution is 2.37. The molecule has 1 amide bonds. The molecule has 2 saturated heterocycles. The first-order chi connectivity index (χ1) is 12.0. The summed E-state index contributed by atoms with van der Waals surface area (Å²) in [6.45, 7) is 9.87. The van der Waals surface area contributed by atoms with Crippen LogP contribution >= 0.6 is 0 Å². The molecule has 2 fully saturated rings. The molecule has 1 N–H and O–H groups in total. The zero-order valence-corrected chi connectivity index (χ0v) is 15.3. The summed E-state index contributed by atoms with van der Waals surface area (Å²) >= 11 is 0. The quantitative estimate of drug-likeness (QED) is 0.909. The van der Waals surface area contributed by atoms with Crippen LogP contribution in [0.15, 0.2) is 10.6 Å². The molecule has 134 valence electrons. The molecule has 6 nitrogen and oxygen atoms in total. The zero-order valence-electron chi connectivity index (χ0n) is 15.3. The Bertz CT molecular complexity index is 795. The number of fused-ring (bicyclic) bond motifs is 1. The number of nitrogens with one attached hydrogen (secondary N) is 1. The van der Waals surface area contributed by atoms with Gasteiger partial charge in [0.05, 0.1) is 16.6 Å². The van der Waals surface area contributed by atoms with E-state index in [-0.39, 0.29) is 11.8 Å². The van der Waals surface area contributed by atoms with Crippen LogP contribution in [0.4, 0.5) is 0 Å². The number of amides is 1. The van der Waals surface area contributed by atoms with Crippen molar-refractivity contribution in [2.45, 2.75) is 46.0 Å². The van der Waals surface area contributed by atoms with Gasteiger partial charge in [-0.1, -0.05) is 19.0 Å². The van der Waals surface area contributed by atoms with E-state index in [1.54, 1.807) is 0 Å². The monoisotopic (exact) mass is 342 g/mol. The summed E-state index contributed by atoms with van der Waals surface area (Å²) in [5.41, 5.74) is 3.17. The Labute approximate surface area is 148 Å². The minimum atomic E-state index is 0.0846. The summed E-state index contributed by atoms with van der Waals surface area (Å²) in [5, 5.41) is 8.26. The summed E-state index contributed by atoms with van der Waals surface area (Å²) < 4.78 is 5.35. The van der Waals surface area contributed by atoms with Crippen LogP contribution in [0.1, 0.15) is 60.8 Å².